The van der Waals surface area contributed by atoms with Crippen LogP contribution in [0.4, 0.5) is 39.5 Å². The summed E-state index contributed by atoms with van der Waals surface area (Å²) < 4.78 is 109. The number of aliphatic hydroxyl groups is 3. The molecule has 0 amide bonds. The highest BCUT2D eigenvalue weighted by atomic mass is 32.2. The molecule has 0 fully saturated rings. The largest absolute Gasteiger partial charge is 0.446 e. The van der Waals surface area contributed by atoms with Crippen LogP contribution >= 0.6 is 35.3 Å². The molecule has 0 radical (unpaired) electrons. The highest BCUT2D eigenvalue weighted by molar-refractivity contribution is 8.00. The standard InChI is InChI=1S/C18H15F3O2S.C18H13F3O2S.C10H10O2.C8H5F3OS/c2*19-18(20,21)24-15-4-1-11(2-5-15)7-14-9-13-8-12(10-22)3-6-16(13)17(14)23;11-6-7-1-3-9-8(5-7)2-4-10(9)12;9-8(10,11)13-7-3-1-6(5-12)2-4-7/h1-6,8,14,22H,7,9-10H2;1-8,22H,9-10H2;1,3,5,11H,2,4,6H2;1-5H/b;14-7+;;. The lowest BCUT2D eigenvalue weighted by Crippen LogP contribution is -2.12. The first-order valence-electron chi connectivity index (χ1n) is 22.1. The van der Waals surface area contributed by atoms with E-state index in [1.54, 1.807) is 60.7 Å². The van der Waals surface area contributed by atoms with Gasteiger partial charge in [-0.25, -0.2) is 0 Å². The van der Waals surface area contributed by atoms with Crippen LogP contribution in [-0.2, 0) is 45.5 Å². The van der Waals surface area contributed by atoms with Gasteiger partial charge in [0.2, 0.25) is 0 Å². The number of allylic oxidation sites excluding steroid dienone is 1. The minimum absolute atomic E-state index is 0.0570. The predicted octanol–water partition coefficient (Wildman–Crippen LogP) is 13.4. The van der Waals surface area contributed by atoms with Gasteiger partial charge in [-0.2, -0.15) is 39.5 Å². The molecule has 0 saturated carbocycles. The average Bonchev–Trinajstić information content (AvgIpc) is 3.98. The molecule has 3 aliphatic rings. The third kappa shape index (κ3) is 16.8. The maximum absolute atomic E-state index is 12.4. The van der Waals surface area contributed by atoms with Crippen molar-refractivity contribution in [2.75, 3.05) is 0 Å². The number of hydrogen-bond acceptors (Lipinski definition) is 10. The second kappa shape index (κ2) is 24.8. The summed E-state index contributed by atoms with van der Waals surface area (Å²) in [5, 5.41) is 27.2. The first-order chi connectivity index (χ1) is 34.5. The zero-order chi connectivity index (χ0) is 53.1. The van der Waals surface area contributed by atoms with Crippen molar-refractivity contribution < 1.29 is 74.0 Å². The summed E-state index contributed by atoms with van der Waals surface area (Å²) in [6.45, 7) is -0.0925. The molecule has 0 bridgehead atoms. The molecular formula is C54H43F9O7S3. The minimum atomic E-state index is -4.31. The molecule has 6 aromatic rings. The van der Waals surface area contributed by atoms with Crippen molar-refractivity contribution in [3.63, 3.8) is 0 Å². The number of carbonyl (C=O) groups excluding carboxylic acids is 4. The summed E-state index contributed by atoms with van der Waals surface area (Å²) in [5.74, 6) is 0.0102. The van der Waals surface area contributed by atoms with Crippen LogP contribution in [0.5, 0.6) is 0 Å². The van der Waals surface area contributed by atoms with Crippen molar-refractivity contribution in [3.05, 3.63) is 200 Å². The molecule has 7 nitrogen and oxygen atoms in total. The van der Waals surface area contributed by atoms with Gasteiger partial charge in [-0.15, -0.1) is 0 Å². The third-order valence-corrected chi connectivity index (χ3v) is 13.6. The normalized spacial score (nSPS) is 15.3. The van der Waals surface area contributed by atoms with Crippen molar-refractivity contribution in [1.82, 2.24) is 0 Å². The van der Waals surface area contributed by atoms with E-state index in [1.807, 2.05) is 24.3 Å². The van der Waals surface area contributed by atoms with Crippen LogP contribution in [0, 0.1) is 5.92 Å². The highest BCUT2D eigenvalue weighted by Gasteiger charge is 2.33. The van der Waals surface area contributed by atoms with Crippen LogP contribution in [0.2, 0.25) is 0 Å². The monoisotopic (exact) mass is 1070 g/mol. The van der Waals surface area contributed by atoms with E-state index in [4.69, 9.17) is 10.2 Å². The number of Topliss-reactive ketones (excluding diaryl/α,β-unsaturated/α-hetero) is 3. The lowest BCUT2D eigenvalue weighted by Gasteiger charge is -2.09. The lowest BCUT2D eigenvalue weighted by molar-refractivity contribution is -0.0337. The van der Waals surface area contributed by atoms with Crippen LogP contribution in [0.15, 0.2) is 148 Å². The van der Waals surface area contributed by atoms with E-state index in [9.17, 15) is 63.8 Å². The van der Waals surface area contributed by atoms with Crippen LogP contribution < -0.4 is 0 Å². The molecular weight excluding hydrogens is 1030 g/mol. The summed E-state index contributed by atoms with van der Waals surface area (Å²) in [6.07, 6.45) is 5.30. The molecule has 6 aromatic carbocycles. The number of halogens is 9. The Hall–Kier alpha value is -5.96. The van der Waals surface area contributed by atoms with Gasteiger partial charge in [0, 0.05) is 61.3 Å². The number of aliphatic hydroxyl groups excluding tert-OH is 3. The topological polar surface area (TPSA) is 129 Å². The van der Waals surface area contributed by atoms with Crippen molar-refractivity contribution in [1.29, 1.82) is 0 Å². The number of alkyl halides is 9. The zero-order valence-electron chi connectivity index (χ0n) is 38.1. The number of aldehydes is 1. The van der Waals surface area contributed by atoms with E-state index in [0.717, 1.165) is 50.9 Å². The Kier molecular flexibility index (Phi) is 19.2. The lowest BCUT2D eigenvalue weighted by atomic mass is 9.96. The van der Waals surface area contributed by atoms with Crippen LogP contribution in [-0.4, -0.2) is 55.5 Å². The van der Waals surface area contributed by atoms with Crippen molar-refractivity contribution >= 4 is 65.0 Å². The van der Waals surface area contributed by atoms with Gasteiger partial charge in [0.1, 0.15) is 6.29 Å². The van der Waals surface area contributed by atoms with Gasteiger partial charge in [0.15, 0.2) is 17.3 Å². The molecule has 19 heteroatoms. The van der Waals surface area contributed by atoms with Gasteiger partial charge in [0.25, 0.3) is 0 Å². The molecule has 9 rings (SSSR count). The van der Waals surface area contributed by atoms with Gasteiger partial charge in [-0.1, -0.05) is 91.0 Å². The Morgan fingerprint density at radius 2 is 0.918 bits per heavy atom. The van der Waals surface area contributed by atoms with Crippen LogP contribution in [0.25, 0.3) is 6.08 Å². The molecule has 382 valence electrons. The Labute approximate surface area is 425 Å². The van der Waals surface area contributed by atoms with Gasteiger partial charge in [-0.3, -0.25) is 19.2 Å². The smallest absolute Gasteiger partial charge is 0.392 e. The molecule has 0 heterocycles. The van der Waals surface area contributed by atoms with Crippen LogP contribution in [0.1, 0.15) is 92.4 Å². The maximum Gasteiger partial charge on any atom is 0.446 e. The number of ketones is 3. The minimum Gasteiger partial charge on any atom is -0.392 e. The number of thioether (sulfide) groups is 3. The van der Waals surface area contributed by atoms with E-state index in [0.29, 0.717) is 59.8 Å². The zero-order valence-corrected chi connectivity index (χ0v) is 40.6. The molecule has 0 aromatic heterocycles. The summed E-state index contributed by atoms with van der Waals surface area (Å²) in [4.78, 5) is 46.5. The second-order valence-corrected chi connectivity index (χ2v) is 20.0. The predicted molar refractivity (Wildman–Crippen MR) is 261 cm³/mol. The highest BCUT2D eigenvalue weighted by Crippen LogP contribution is 2.39. The number of hydrogen-bond donors (Lipinski definition) is 3. The Balaban J connectivity index is 0.000000166. The van der Waals surface area contributed by atoms with Crippen LogP contribution in [0.3, 0.4) is 0 Å². The number of rotatable bonds is 10. The fourth-order valence-corrected chi connectivity index (χ4v) is 9.64. The first kappa shape index (κ1) is 56.3. The van der Waals surface area contributed by atoms with E-state index >= 15 is 0 Å². The third-order valence-electron chi connectivity index (χ3n) is 11.3. The number of fused-ring (bicyclic) bond motifs is 3. The van der Waals surface area contributed by atoms with E-state index < -0.39 is 16.5 Å². The molecule has 73 heavy (non-hydrogen) atoms. The van der Waals surface area contributed by atoms with Gasteiger partial charge in [-0.05, 0) is 142 Å². The number of benzene rings is 6. The van der Waals surface area contributed by atoms with Crippen molar-refractivity contribution in [3.8, 4) is 0 Å². The average molecular weight is 1070 g/mol. The number of aryl methyl sites for hydroxylation is 1. The Bertz CT molecular complexity index is 2950. The second-order valence-electron chi connectivity index (χ2n) is 16.6. The fourth-order valence-electron chi connectivity index (χ4n) is 8.02. The van der Waals surface area contributed by atoms with E-state index in [2.05, 4.69) is 0 Å². The quantitative estimate of drug-likeness (QED) is 0.0528. The fraction of sp³-hybridized carbons (Fsp3) is 0.222. The summed E-state index contributed by atoms with van der Waals surface area (Å²) >= 11 is -0.505. The molecule has 3 N–H and O–H groups in total. The van der Waals surface area contributed by atoms with Gasteiger partial charge in [0.05, 0.1) is 19.8 Å². The molecule has 0 aliphatic heterocycles. The first-order valence-corrected chi connectivity index (χ1v) is 24.5. The van der Waals surface area contributed by atoms with Crippen molar-refractivity contribution in [2.24, 2.45) is 5.92 Å². The molecule has 0 spiro atoms. The van der Waals surface area contributed by atoms with E-state index in [1.165, 1.54) is 48.5 Å². The summed E-state index contributed by atoms with van der Waals surface area (Å²) in [5.41, 5.74) is -2.97. The SMILES string of the molecule is O=C1/C(=C/c2ccc(SC(F)(F)F)cc2)Cc2cc(CO)ccc21.O=C1CCc2cc(CO)ccc21.O=C1c2ccc(CO)cc2CC1Cc1ccc(SC(F)(F)F)cc1.O=Cc1ccc(SC(F)(F)F)cc1. The van der Waals surface area contributed by atoms with Gasteiger partial charge >= 0.3 is 16.5 Å². The number of carbonyl (C=O) groups is 4. The molecule has 1 atom stereocenters. The van der Waals surface area contributed by atoms with Gasteiger partial charge < -0.3 is 15.3 Å². The van der Waals surface area contributed by atoms with E-state index in [-0.39, 0.29) is 93.1 Å². The molecule has 3 aliphatic carbocycles. The Morgan fingerprint density at radius 1 is 0.493 bits per heavy atom. The Morgan fingerprint density at radius 3 is 1.40 bits per heavy atom. The maximum atomic E-state index is 12.4. The molecule has 1 unspecified atom stereocenters. The summed E-state index contributed by atoms with van der Waals surface area (Å²) in [6, 6.07) is 33.4. The summed E-state index contributed by atoms with van der Waals surface area (Å²) in [7, 11) is 0. The van der Waals surface area contributed by atoms with Crippen molar-refractivity contribution in [2.45, 2.75) is 83.1 Å². The molecule has 0 saturated heterocycles.